The summed E-state index contributed by atoms with van der Waals surface area (Å²) in [5.74, 6) is 0.587. The van der Waals surface area contributed by atoms with Gasteiger partial charge in [-0.3, -0.25) is 0 Å². The number of nitrogens with one attached hydrogen (secondary N) is 1. The van der Waals surface area contributed by atoms with Crippen LogP contribution in [0.5, 0.6) is 0 Å². The van der Waals surface area contributed by atoms with E-state index in [1.54, 1.807) is 30.3 Å². The molecule has 1 heterocycles. The van der Waals surface area contributed by atoms with Crippen molar-refractivity contribution in [2.45, 2.75) is 10.6 Å². The zero-order valence-corrected chi connectivity index (χ0v) is 13.2. The van der Waals surface area contributed by atoms with E-state index < -0.39 is 10.0 Å². The molecule has 3 rings (SSSR count). The fourth-order valence-electron chi connectivity index (χ4n) is 1.93. The van der Waals surface area contributed by atoms with Gasteiger partial charge in [0.1, 0.15) is 4.90 Å². The second kappa shape index (κ2) is 5.71. The SMILES string of the molecule is O=S1(=O)N=C(SCc2cccc(Cl)c2)Nc2ccccc21. The Labute approximate surface area is 132 Å². The van der Waals surface area contributed by atoms with Crippen LogP contribution in [-0.2, 0) is 15.8 Å². The number of hydrogen-bond donors (Lipinski definition) is 1. The standard InChI is InChI=1S/C14H11ClN2O2S2/c15-11-5-3-4-10(8-11)9-20-14-16-12-6-1-2-7-13(12)21(18,19)17-14/h1-8H,9H2,(H,16,17). The van der Waals surface area contributed by atoms with E-state index in [0.717, 1.165) is 5.56 Å². The molecule has 0 radical (unpaired) electrons. The lowest BCUT2D eigenvalue weighted by Crippen LogP contribution is -2.18. The summed E-state index contributed by atoms with van der Waals surface area (Å²) in [6, 6.07) is 14.2. The molecule has 7 heteroatoms. The van der Waals surface area contributed by atoms with Crippen LogP contribution in [0.25, 0.3) is 0 Å². The van der Waals surface area contributed by atoms with Crippen molar-refractivity contribution < 1.29 is 8.42 Å². The first kappa shape index (κ1) is 14.4. The van der Waals surface area contributed by atoms with Gasteiger partial charge in [-0.05, 0) is 29.8 Å². The number of thioether (sulfide) groups is 1. The summed E-state index contributed by atoms with van der Waals surface area (Å²) in [7, 11) is -3.63. The third kappa shape index (κ3) is 3.23. The number of fused-ring (bicyclic) bond motifs is 1. The number of amidine groups is 1. The first-order chi connectivity index (χ1) is 10.0. The lowest BCUT2D eigenvalue weighted by Gasteiger charge is -2.17. The Balaban J connectivity index is 1.81. The molecule has 0 saturated heterocycles. The Morgan fingerprint density at radius 1 is 1.14 bits per heavy atom. The van der Waals surface area contributed by atoms with Gasteiger partial charge in [-0.1, -0.05) is 47.6 Å². The second-order valence-electron chi connectivity index (χ2n) is 4.41. The molecule has 0 aliphatic carbocycles. The summed E-state index contributed by atoms with van der Waals surface area (Å²) < 4.78 is 28.0. The molecule has 4 nitrogen and oxygen atoms in total. The summed E-state index contributed by atoms with van der Waals surface area (Å²) in [4.78, 5) is 0.206. The fraction of sp³-hybridized carbons (Fsp3) is 0.0714. The lowest BCUT2D eigenvalue weighted by molar-refractivity contribution is 0.598. The first-order valence-corrected chi connectivity index (χ1v) is 8.93. The molecular weight excluding hydrogens is 328 g/mol. The Hall–Kier alpha value is -1.50. The van der Waals surface area contributed by atoms with Gasteiger partial charge in [0.05, 0.1) is 5.69 Å². The Bertz CT molecular complexity index is 819. The smallest absolute Gasteiger partial charge is 0.286 e. The van der Waals surface area contributed by atoms with Gasteiger partial charge in [0, 0.05) is 10.8 Å². The third-order valence-corrected chi connectivity index (χ3v) is 5.50. The molecule has 0 unspecified atom stereocenters. The van der Waals surface area contributed by atoms with Crippen molar-refractivity contribution in [2.24, 2.45) is 4.40 Å². The molecule has 2 aromatic rings. The fourth-order valence-corrected chi connectivity index (χ4v) is 4.33. The highest BCUT2D eigenvalue weighted by Gasteiger charge is 2.24. The number of halogens is 1. The van der Waals surface area contributed by atoms with Crippen molar-refractivity contribution in [3.8, 4) is 0 Å². The largest absolute Gasteiger partial charge is 0.333 e. The third-order valence-electron chi connectivity index (χ3n) is 2.87. The van der Waals surface area contributed by atoms with Crippen LogP contribution in [-0.4, -0.2) is 13.6 Å². The summed E-state index contributed by atoms with van der Waals surface area (Å²) in [6.45, 7) is 0. The predicted octanol–water partition coefficient (Wildman–Crippen LogP) is 3.74. The number of anilines is 1. The number of nitrogens with zero attached hydrogens (tertiary/aromatic N) is 1. The topological polar surface area (TPSA) is 58.5 Å². The van der Waals surface area contributed by atoms with Gasteiger partial charge in [-0.15, -0.1) is 4.40 Å². The Kier molecular flexibility index (Phi) is 3.93. The van der Waals surface area contributed by atoms with E-state index in [1.807, 2.05) is 18.2 Å². The molecule has 0 fully saturated rings. The molecule has 1 aliphatic rings. The number of sulfonamides is 1. The molecule has 108 valence electrons. The predicted molar refractivity (Wildman–Crippen MR) is 87.4 cm³/mol. The maximum absolute atomic E-state index is 12.1. The van der Waals surface area contributed by atoms with E-state index in [0.29, 0.717) is 21.6 Å². The Morgan fingerprint density at radius 3 is 2.76 bits per heavy atom. The summed E-state index contributed by atoms with van der Waals surface area (Å²) in [5, 5.41) is 4.06. The highest BCUT2D eigenvalue weighted by molar-refractivity contribution is 8.14. The van der Waals surface area contributed by atoms with Gasteiger partial charge >= 0.3 is 0 Å². The molecule has 0 spiro atoms. The van der Waals surface area contributed by atoms with Gasteiger partial charge in [-0.2, -0.15) is 8.42 Å². The zero-order chi connectivity index (χ0) is 14.9. The minimum atomic E-state index is -3.63. The minimum absolute atomic E-state index is 0.206. The van der Waals surface area contributed by atoms with Crippen LogP contribution in [0.15, 0.2) is 57.8 Å². The molecule has 0 saturated carbocycles. The quantitative estimate of drug-likeness (QED) is 0.906. The zero-order valence-electron chi connectivity index (χ0n) is 10.8. The van der Waals surface area contributed by atoms with Crippen LogP contribution in [0.3, 0.4) is 0 Å². The van der Waals surface area contributed by atoms with Gasteiger partial charge in [0.25, 0.3) is 10.0 Å². The lowest BCUT2D eigenvalue weighted by atomic mass is 10.2. The second-order valence-corrected chi connectivity index (χ2v) is 7.38. The average Bonchev–Trinajstić information content (AvgIpc) is 2.45. The van der Waals surface area contributed by atoms with Gasteiger partial charge < -0.3 is 5.32 Å². The summed E-state index contributed by atoms with van der Waals surface area (Å²) in [5.41, 5.74) is 1.56. The van der Waals surface area contributed by atoms with Crippen LogP contribution in [0, 0.1) is 0 Å². The highest BCUT2D eigenvalue weighted by Crippen LogP contribution is 2.30. The van der Waals surface area contributed by atoms with E-state index >= 15 is 0 Å². The number of benzene rings is 2. The van der Waals surface area contributed by atoms with Crippen LogP contribution < -0.4 is 5.32 Å². The van der Waals surface area contributed by atoms with E-state index in [4.69, 9.17) is 11.6 Å². The van der Waals surface area contributed by atoms with Crippen LogP contribution in [0.4, 0.5) is 5.69 Å². The van der Waals surface area contributed by atoms with Crippen LogP contribution >= 0.6 is 23.4 Å². The van der Waals surface area contributed by atoms with E-state index in [9.17, 15) is 8.42 Å². The van der Waals surface area contributed by atoms with Crippen molar-refractivity contribution in [2.75, 3.05) is 5.32 Å². The monoisotopic (exact) mass is 338 g/mol. The van der Waals surface area contributed by atoms with Crippen molar-refractivity contribution in [1.29, 1.82) is 0 Å². The molecule has 0 aromatic heterocycles. The van der Waals surface area contributed by atoms with Crippen LogP contribution in [0.2, 0.25) is 5.02 Å². The van der Waals surface area contributed by atoms with Gasteiger partial charge in [0.2, 0.25) is 0 Å². The summed E-state index contributed by atoms with van der Waals surface area (Å²) >= 11 is 7.25. The van der Waals surface area contributed by atoms with Crippen molar-refractivity contribution in [1.82, 2.24) is 0 Å². The van der Waals surface area contributed by atoms with Crippen molar-refractivity contribution in [3.05, 3.63) is 59.1 Å². The van der Waals surface area contributed by atoms with E-state index in [-0.39, 0.29) is 4.90 Å². The number of hydrogen-bond acceptors (Lipinski definition) is 4. The molecule has 21 heavy (non-hydrogen) atoms. The maximum Gasteiger partial charge on any atom is 0.286 e. The van der Waals surface area contributed by atoms with E-state index in [1.165, 1.54) is 11.8 Å². The maximum atomic E-state index is 12.1. The molecule has 0 atom stereocenters. The molecule has 1 aliphatic heterocycles. The minimum Gasteiger partial charge on any atom is -0.333 e. The van der Waals surface area contributed by atoms with Crippen molar-refractivity contribution >= 4 is 44.2 Å². The molecule has 1 N–H and O–H groups in total. The molecular formula is C14H11ClN2O2S2. The number of rotatable bonds is 2. The molecule has 0 bridgehead atoms. The van der Waals surface area contributed by atoms with Crippen molar-refractivity contribution in [3.63, 3.8) is 0 Å². The molecule has 2 aromatic carbocycles. The Morgan fingerprint density at radius 2 is 1.95 bits per heavy atom. The van der Waals surface area contributed by atoms with Crippen LogP contribution in [0.1, 0.15) is 5.56 Å². The first-order valence-electron chi connectivity index (χ1n) is 6.13. The summed E-state index contributed by atoms with van der Waals surface area (Å²) in [6.07, 6.45) is 0. The van der Waals surface area contributed by atoms with E-state index in [2.05, 4.69) is 9.71 Å². The average molecular weight is 339 g/mol. The normalized spacial score (nSPS) is 15.8. The highest BCUT2D eigenvalue weighted by atomic mass is 35.5. The number of para-hydroxylation sites is 1. The van der Waals surface area contributed by atoms with Gasteiger partial charge in [-0.25, -0.2) is 0 Å². The van der Waals surface area contributed by atoms with Gasteiger partial charge in [0.15, 0.2) is 5.17 Å². The molecule has 0 amide bonds.